The van der Waals surface area contributed by atoms with E-state index in [0.717, 1.165) is 34.3 Å². The smallest absolute Gasteiger partial charge is 0.246 e. The first-order valence-corrected chi connectivity index (χ1v) is 11.2. The molecule has 0 spiro atoms. The summed E-state index contributed by atoms with van der Waals surface area (Å²) in [7, 11) is 0. The van der Waals surface area contributed by atoms with Crippen molar-refractivity contribution < 1.29 is 4.79 Å². The lowest BCUT2D eigenvalue weighted by atomic mass is 10.0. The molecule has 0 atom stereocenters. The number of aromatic nitrogens is 7. The van der Waals surface area contributed by atoms with E-state index in [0.29, 0.717) is 17.9 Å². The Balaban J connectivity index is 1.32. The van der Waals surface area contributed by atoms with Crippen molar-refractivity contribution in [1.82, 2.24) is 34.3 Å². The fourth-order valence-corrected chi connectivity index (χ4v) is 4.06. The molecule has 0 fully saturated rings. The molecular weight excluding hydrogens is 428 g/mol. The maximum atomic E-state index is 12.8. The summed E-state index contributed by atoms with van der Waals surface area (Å²) >= 11 is 0. The van der Waals surface area contributed by atoms with Crippen LogP contribution in [-0.2, 0) is 24.4 Å². The van der Waals surface area contributed by atoms with Gasteiger partial charge in [0, 0.05) is 36.1 Å². The first kappa shape index (κ1) is 21.6. The van der Waals surface area contributed by atoms with Crippen molar-refractivity contribution in [2.24, 2.45) is 0 Å². The number of rotatable bonds is 7. The van der Waals surface area contributed by atoms with Crippen LogP contribution in [0.15, 0.2) is 61.3 Å². The van der Waals surface area contributed by atoms with E-state index in [2.05, 4.69) is 56.8 Å². The molecule has 9 nitrogen and oxygen atoms in total. The Labute approximate surface area is 197 Å². The molecule has 4 aromatic heterocycles. The summed E-state index contributed by atoms with van der Waals surface area (Å²) in [5.74, 6) is -0.190. The van der Waals surface area contributed by atoms with Crippen LogP contribution in [-0.4, -0.2) is 40.2 Å². The Morgan fingerprint density at radius 2 is 1.79 bits per heavy atom. The molecule has 1 N–H and O–H groups in total. The van der Waals surface area contributed by atoms with Crippen LogP contribution in [0, 0.1) is 13.8 Å². The highest BCUT2D eigenvalue weighted by Crippen LogP contribution is 2.30. The largest absolute Gasteiger partial charge is 0.322 e. The second-order valence-corrected chi connectivity index (χ2v) is 8.35. The lowest BCUT2D eigenvalue weighted by molar-refractivity contribution is -0.116. The van der Waals surface area contributed by atoms with Crippen LogP contribution in [0.25, 0.3) is 22.2 Å². The van der Waals surface area contributed by atoms with Gasteiger partial charge in [-0.05, 0) is 38.0 Å². The van der Waals surface area contributed by atoms with Crippen LogP contribution < -0.4 is 5.32 Å². The monoisotopic (exact) mass is 454 g/mol. The van der Waals surface area contributed by atoms with E-state index in [1.54, 1.807) is 28.0 Å². The summed E-state index contributed by atoms with van der Waals surface area (Å²) in [5, 5.41) is 17.1. The van der Waals surface area contributed by atoms with Crippen molar-refractivity contribution in [2.75, 3.05) is 5.32 Å². The molecular formula is C25H26N8O. The van der Waals surface area contributed by atoms with Crippen molar-refractivity contribution in [2.45, 2.75) is 40.4 Å². The molecule has 0 aliphatic heterocycles. The number of fused-ring (bicyclic) bond motifs is 1. The van der Waals surface area contributed by atoms with Gasteiger partial charge in [0.1, 0.15) is 6.54 Å². The molecule has 5 rings (SSSR count). The zero-order chi connectivity index (χ0) is 23.7. The van der Waals surface area contributed by atoms with E-state index < -0.39 is 0 Å². The van der Waals surface area contributed by atoms with Gasteiger partial charge in [0.05, 0.1) is 30.3 Å². The highest BCUT2D eigenvalue weighted by atomic mass is 16.2. The summed E-state index contributed by atoms with van der Waals surface area (Å²) < 4.78 is 5.30. The Bertz CT molecular complexity index is 1460. The predicted octanol–water partition coefficient (Wildman–Crippen LogP) is 3.82. The quantitative estimate of drug-likeness (QED) is 0.403. The molecule has 34 heavy (non-hydrogen) atoms. The number of benzene rings is 1. The van der Waals surface area contributed by atoms with E-state index in [1.807, 2.05) is 37.0 Å². The number of carbonyl (C=O) groups is 1. The van der Waals surface area contributed by atoms with Gasteiger partial charge >= 0.3 is 0 Å². The number of anilines is 1. The van der Waals surface area contributed by atoms with Gasteiger partial charge in [-0.15, -0.1) is 0 Å². The molecule has 0 saturated heterocycles. The molecule has 0 unspecified atom stereocenters. The number of carbonyl (C=O) groups excluding carboxylic acids is 1. The topological polar surface area (TPSA) is 95.5 Å². The van der Waals surface area contributed by atoms with Crippen molar-refractivity contribution in [3.8, 4) is 11.1 Å². The van der Waals surface area contributed by atoms with Gasteiger partial charge in [-0.1, -0.05) is 29.8 Å². The standard InChI is InChI=1S/C25H26N8O/c1-4-31-13-19(11-27-31)14-32-15-21(12-28-32)29-23(34)16-33-25-24(18(3)30-33)22(9-10-26-25)20-7-5-17(2)6-8-20/h5-13,15H,4,14,16H2,1-3H3,(H,29,34). The molecule has 0 bridgehead atoms. The lowest BCUT2D eigenvalue weighted by Gasteiger charge is -2.06. The maximum absolute atomic E-state index is 12.8. The number of nitrogens with zero attached hydrogens (tertiary/aromatic N) is 7. The number of hydrogen-bond donors (Lipinski definition) is 1. The van der Waals surface area contributed by atoms with Crippen LogP contribution in [0.4, 0.5) is 5.69 Å². The van der Waals surface area contributed by atoms with Gasteiger partial charge in [-0.3, -0.25) is 14.2 Å². The van der Waals surface area contributed by atoms with Gasteiger partial charge in [0.2, 0.25) is 5.91 Å². The minimum Gasteiger partial charge on any atom is -0.322 e. The third kappa shape index (κ3) is 4.32. The van der Waals surface area contributed by atoms with Crippen molar-refractivity contribution in [3.63, 3.8) is 0 Å². The van der Waals surface area contributed by atoms with Gasteiger partial charge < -0.3 is 5.32 Å². The normalized spacial score (nSPS) is 11.3. The number of nitrogens with one attached hydrogen (secondary N) is 1. The second-order valence-electron chi connectivity index (χ2n) is 8.35. The van der Waals surface area contributed by atoms with Crippen LogP contribution in [0.1, 0.15) is 23.7 Å². The number of aryl methyl sites for hydroxylation is 3. The fraction of sp³-hybridized carbons (Fsp3) is 0.240. The second kappa shape index (κ2) is 8.93. The summed E-state index contributed by atoms with van der Waals surface area (Å²) in [5.41, 5.74) is 6.58. The average Bonchev–Trinajstić information content (AvgIpc) is 3.54. The molecule has 0 aliphatic carbocycles. The van der Waals surface area contributed by atoms with Crippen LogP contribution in [0.3, 0.4) is 0 Å². The van der Waals surface area contributed by atoms with E-state index in [-0.39, 0.29) is 12.5 Å². The predicted molar refractivity (Wildman–Crippen MR) is 130 cm³/mol. The molecule has 9 heteroatoms. The number of amides is 1. The van der Waals surface area contributed by atoms with Crippen molar-refractivity contribution in [3.05, 3.63) is 78.1 Å². The number of hydrogen-bond acceptors (Lipinski definition) is 5. The first-order valence-electron chi connectivity index (χ1n) is 11.2. The van der Waals surface area contributed by atoms with E-state index >= 15 is 0 Å². The molecule has 4 heterocycles. The van der Waals surface area contributed by atoms with Crippen LogP contribution in [0.2, 0.25) is 0 Å². The number of pyridine rings is 1. The van der Waals surface area contributed by atoms with Gasteiger partial charge in [-0.25, -0.2) is 9.67 Å². The average molecular weight is 455 g/mol. The highest BCUT2D eigenvalue weighted by molar-refractivity contribution is 5.96. The van der Waals surface area contributed by atoms with E-state index in [4.69, 9.17) is 0 Å². The first-order chi connectivity index (χ1) is 16.5. The Morgan fingerprint density at radius 3 is 2.56 bits per heavy atom. The van der Waals surface area contributed by atoms with Crippen LogP contribution >= 0.6 is 0 Å². The summed E-state index contributed by atoms with van der Waals surface area (Å²) in [4.78, 5) is 17.3. The molecule has 1 aromatic carbocycles. The fourth-order valence-electron chi connectivity index (χ4n) is 4.06. The van der Waals surface area contributed by atoms with Gasteiger partial charge in [0.15, 0.2) is 5.65 Å². The molecule has 0 aliphatic rings. The molecule has 172 valence electrons. The molecule has 0 radical (unpaired) electrons. The zero-order valence-electron chi connectivity index (χ0n) is 19.4. The third-order valence-corrected chi connectivity index (χ3v) is 5.74. The molecule has 5 aromatic rings. The van der Waals surface area contributed by atoms with Crippen molar-refractivity contribution >= 4 is 22.6 Å². The van der Waals surface area contributed by atoms with Gasteiger partial charge in [0.25, 0.3) is 0 Å². The van der Waals surface area contributed by atoms with E-state index in [1.165, 1.54) is 5.56 Å². The Morgan fingerprint density at radius 1 is 1.00 bits per heavy atom. The molecule has 0 saturated carbocycles. The Kier molecular flexibility index (Phi) is 5.67. The van der Waals surface area contributed by atoms with Crippen LogP contribution in [0.5, 0.6) is 0 Å². The Hall–Kier alpha value is -4.27. The summed E-state index contributed by atoms with van der Waals surface area (Å²) in [6, 6.07) is 10.4. The lowest BCUT2D eigenvalue weighted by Crippen LogP contribution is -2.19. The molecule has 1 amide bonds. The summed E-state index contributed by atoms with van der Waals surface area (Å²) in [6.07, 6.45) is 9.02. The zero-order valence-corrected chi connectivity index (χ0v) is 19.4. The maximum Gasteiger partial charge on any atom is 0.246 e. The highest BCUT2D eigenvalue weighted by Gasteiger charge is 2.16. The third-order valence-electron chi connectivity index (χ3n) is 5.74. The minimum atomic E-state index is -0.190. The SMILES string of the molecule is CCn1cc(Cn2cc(NC(=O)Cn3nc(C)c4c(-c5ccc(C)cc5)ccnc43)cn2)cn1. The summed E-state index contributed by atoms with van der Waals surface area (Å²) in [6.45, 7) is 7.52. The van der Waals surface area contributed by atoms with Crippen molar-refractivity contribution in [1.29, 1.82) is 0 Å². The minimum absolute atomic E-state index is 0.0587. The van der Waals surface area contributed by atoms with E-state index in [9.17, 15) is 4.79 Å². The van der Waals surface area contributed by atoms with Gasteiger partial charge in [-0.2, -0.15) is 15.3 Å².